The van der Waals surface area contributed by atoms with Crippen molar-refractivity contribution in [1.82, 2.24) is 14.7 Å². The molecule has 0 saturated carbocycles. The zero-order chi connectivity index (χ0) is 11.5. The number of piperazine rings is 1. The Bertz CT molecular complexity index is 249. The molecule has 2 aliphatic heterocycles. The van der Waals surface area contributed by atoms with Crippen LogP contribution in [0.3, 0.4) is 0 Å². The Hall–Kier alpha value is -0.610. The second-order valence-corrected chi connectivity index (χ2v) is 5.23. The zero-order valence-electron chi connectivity index (χ0n) is 10.5. The van der Waals surface area contributed by atoms with Gasteiger partial charge in [-0.3, -0.25) is 4.79 Å². The van der Waals surface area contributed by atoms with E-state index in [0.717, 1.165) is 45.7 Å². The van der Waals surface area contributed by atoms with Crippen LogP contribution in [0.2, 0.25) is 0 Å². The third kappa shape index (κ3) is 2.74. The van der Waals surface area contributed by atoms with E-state index in [9.17, 15) is 4.79 Å². The number of likely N-dealkylation sites (N-methyl/N-ethyl adjacent to an activating group) is 1. The van der Waals surface area contributed by atoms with E-state index >= 15 is 0 Å². The molecule has 0 aromatic rings. The lowest BCUT2D eigenvalue weighted by Gasteiger charge is -2.37. The summed E-state index contributed by atoms with van der Waals surface area (Å²) in [6, 6.07) is 0. The summed E-state index contributed by atoms with van der Waals surface area (Å²) in [4.78, 5) is 18.9. The standard InChI is InChI=1S/C12H23N3O/c1-13-6-8-15(9-7-13)12(16)11-4-3-5-14(2)10-11/h11H,3-10H2,1-2H3/t11-/m1/s1. The van der Waals surface area contributed by atoms with Gasteiger partial charge in [0.25, 0.3) is 0 Å². The number of amides is 1. The van der Waals surface area contributed by atoms with Gasteiger partial charge in [-0.2, -0.15) is 0 Å². The molecule has 0 N–H and O–H groups in total. The Morgan fingerprint density at radius 2 is 1.69 bits per heavy atom. The normalized spacial score (nSPS) is 29.4. The highest BCUT2D eigenvalue weighted by molar-refractivity contribution is 5.79. The van der Waals surface area contributed by atoms with E-state index in [-0.39, 0.29) is 5.92 Å². The van der Waals surface area contributed by atoms with E-state index in [1.54, 1.807) is 0 Å². The summed E-state index contributed by atoms with van der Waals surface area (Å²) < 4.78 is 0. The highest BCUT2D eigenvalue weighted by Crippen LogP contribution is 2.18. The van der Waals surface area contributed by atoms with Crippen LogP contribution >= 0.6 is 0 Å². The van der Waals surface area contributed by atoms with Crippen molar-refractivity contribution in [3.8, 4) is 0 Å². The lowest BCUT2D eigenvalue weighted by molar-refractivity contribution is -0.138. The summed E-state index contributed by atoms with van der Waals surface area (Å²) in [5.41, 5.74) is 0. The maximum Gasteiger partial charge on any atom is 0.227 e. The number of piperidine rings is 1. The van der Waals surface area contributed by atoms with Crippen LogP contribution in [-0.2, 0) is 4.79 Å². The molecule has 1 atom stereocenters. The smallest absolute Gasteiger partial charge is 0.227 e. The van der Waals surface area contributed by atoms with Gasteiger partial charge < -0.3 is 14.7 Å². The Morgan fingerprint density at radius 3 is 2.31 bits per heavy atom. The molecule has 0 bridgehead atoms. The summed E-state index contributed by atoms with van der Waals surface area (Å²) in [5.74, 6) is 0.641. The minimum absolute atomic E-state index is 0.252. The van der Waals surface area contributed by atoms with Crippen LogP contribution in [-0.4, -0.2) is 74.0 Å². The molecule has 2 fully saturated rings. The van der Waals surface area contributed by atoms with Crippen molar-refractivity contribution in [2.24, 2.45) is 5.92 Å². The van der Waals surface area contributed by atoms with Gasteiger partial charge in [0, 0.05) is 32.7 Å². The molecule has 0 spiro atoms. The van der Waals surface area contributed by atoms with Gasteiger partial charge in [0.15, 0.2) is 0 Å². The first-order chi connectivity index (χ1) is 7.66. The molecule has 0 aliphatic carbocycles. The average molecular weight is 225 g/mol. The first kappa shape index (κ1) is 11.9. The van der Waals surface area contributed by atoms with Crippen molar-refractivity contribution >= 4 is 5.91 Å². The number of likely N-dealkylation sites (tertiary alicyclic amines) is 1. The van der Waals surface area contributed by atoms with Gasteiger partial charge in [-0.05, 0) is 33.5 Å². The monoisotopic (exact) mass is 225 g/mol. The van der Waals surface area contributed by atoms with E-state index in [2.05, 4.69) is 28.8 Å². The van der Waals surface area contributed by atoms with Crippen molar-refractivity contribution in [2.75, 3.05) is 53.4 Å². The number of carbonyl (C=O) groups excluding carboxylic acids is 1. The lowest BCUT2D eigenvalue weighted by atomic mass is 9.96. The molecule has 0 unspecified atom stereocenters. The van der Waals surface area contributed by atoms with Gasteiger partial charge in [-0.1, -0.05) is 0 Å². The molecule has 1 amide bonds. The third-order valence-electron chi connectivity index (χ3n) is 3.79. The average Bonchev–Trinajstić information content (AvgIpc) is 2.29. The van der Waals surface area contributed by atoms with Crippen LogP contribution in [0, 0.1) is 5.92 Å². The Balaban J connectivity index is 1.86. The van der Waals surface area contributed by atoms with E-state index in [4.69, 9.17) is 0 Å². The highest BCUT2D eigenvalue weighted by Gasteiger charge is 2.29. The topological polar surface area (TPSA) is 26.8 Å². The van der Waals surface area contributed by atoms with E-state index in [1.165, 1.54) is 6.42 Å². The first-order valence-corrected chi connectivity index (χ1v) is 6.32. The molecular weight excluding hydrogens is 202 g/mol. The fraction of sp³-hybridized carbons (Fsp3) is 0.917. The Kier molecular flexibility index (Phi) is 3.82. The molecule has 0 radical (unpaired) electrons. The SMILES string of the molecule is CN1CCN(C(=O)[C@@H]2CCCN(C)C2)CC1. The third-order valence-corrected chi connectivity index (χ3v) is 3.79. The van der Waals surface area contributed by atoms with Crippen molar-refractivity contribution in [1.29, 1.82) is 0 Å². The zero-order valence-corrected chi connectivity index (χ0v) is 10.5. The molecule has 2 aliphatic rings. The Labute approximate surface area is 98.2 Å². The molecule has 0 aromatic heterocycles. The molecule has 92 valence electrons. The maximum absolute atomic E-state index is 12.3. The predicted molar refractivity (Wildman–Crippen MR) is 64.3 cm³/mol. The highest BCUT2D eigenvalue weighted by atomic mass is 16.2. The molecule has 4 nitrogen and oxygen atoms in total. The van der Waals surface area contributed by atoms with E-state index in [0.29, 0.717) is 5.91 Å². The fourth-order valence-corrected chi connectivity index (χ4v) is 2.65. The minimum atomic E-state index is 0.252. The van der Waals surface area contributed by atoms with Crippen molar-refractivity contribution in [3.05, 3.63) is 0 Å². The van der Waals surface area contributed by atoms with Crippen LogP contribution in [0.15, 0.2) is 0 Å². The quantitative estimate of drug-likeness (QED) is 0.633. The Morgan fingerprint density at radius 1 is 1.00 bits per heavy atom. The number of hydrogen-bond donors (Lipinski definition) is 0. The summed E-state index contributed by atoms with van der Waals surface area (Å²) in [6.07, 6.45) is 2.25. The van der Waals surface area contributed by atoms with Gasteiger partial charge in [0.2, 0.25) is 5.91 Å². The largest absolute Gasteiger partial charge is 0.340 e. The van der Waals surface area contributed by atoms with Gasteiger partial charge in [0.05, 0.1) is 5.92 Å². The maximum atomic E-state index is 12.3. The van der Waals surface area contributed by atoms with Crippen molar-refractivity contribution in [2.45, 2.75) is 12.8 Å². The molecular formula is C12H23N3O. The summed E-state index contributed by atoms with van der Waals surface area (Å²) >= 11 is 0. The van der Waals surface area contributed by atoms with Crippen LogP contribution in [0.25, 0.3) is 0 Å². The molecule has 0 aromatic carbocycles. The molecule has 2 saturated heterocycles. The van der Waals surface area contributed by atoms with E-state index < -0.39 is 0 Å². The fourth-order valence-electron chi connectivity index (χ4n) is 2.65. The van der Waals surface area contributed by atoms with Crippen LogP contribution in [0.5, 0.6) is 0 Å². The number of nitrogens with zero attached hydrogens (tertiary/aromatic N) is 3. The first-order valence-electron chi connectivity index (χ1n) is 6.32. The van der Waals surface area contributed by atoms with Gasteiger partial charge in [-0.25, -0.2) is 0 Å². The van der Waals surface area contributed by atoms with Gasteiger partial charge in [-0.15, -0.1) is 0 Å². The lowest BCUT2D eigenvalue weighted by Crippen LogP contribution is -2.51. The van der Waals surface area contributed by atoms with Crippen LogP contribution in [0.1, 0.15) is 12.8 Å². The second-order valence-electron chi connectivity index (χ2n) is 5.23. The number of carbonyl (C=O) groups is 1. The number of rotatable bonds is 1. The predicted octanol–water partition coefficient (Wildman–Crippen LogP) is 0.102. The molecule has 16 heavy (non-hydrogen) atoms. The molecule has 2 rings (SSSR count). The number of hydrogen-bond acceptors (Lipinski definition) is 3. The minimum Gasteiger partial charge on any atom is -0.340 e. The summed E-state index contributed by atoms with van der Waals surface area (Å²) in [7, 11) is 4.24. The summed E-state index contributed by atoms with van der Waals surface area (Å²) in [5, 5.41) is 0. The molecule has 4 heteroatoms. The second kappa shape index (κ2) is 5.15. The summed E-state index contributed by atoms with van der Waals surface area (Å²) in [6.45, 7) is 5.96. The molecule has 2 heterocycles. The van der Waals surface area contributed by atoms with Gasteiger partial charge >= 0.3 is 0 Å². The van der Waals surface area contributed by atoms with Crippen LogP contribution in [0.4, 0.5) is 0 Å². The van der Waals surface area contributed by atoms with Crippen LogP contribution < -0.4 is 0 Å². The van der Waals surface area contributed by atoms with Crippen molar-refractivity contribution < 1.29 is 4.79 Å². The van der Waals surface area contributed by atoms with Crippen molar-refractivity contribution in [3.63, 3.8) is 0 Å². The van der Waals surface area contributed by atoms with Gasteiger partial charge in [0.1, 0.15) is 0 Å². The van der Waals surface area contributed by atoms with E-state index in [1.807, 2.05) is 0 Å².